The van der Waals surface area contributed by atoms with Gasteiger partial charge in [-0.3, -0.25) is 13.8 Å². The van der Waals surface area contributed by atoms with Crippen molar-refractivity contribution in [3.05, 3.63) is 69.7 Å². The predicted octanol–water partition coefficient (Wildman–Crippen LogP) is 5.39. The number of hydrogen-bond donors (Lipinski definition) is 1. The van der Waals surface area contributed by atoms with Crippen LogP contribution < -0.4 is 14.4 Å². The molecule has 8 nitrogen and oxygen atoms in total. The Morgan fingerprint density at radius 1 is 1.29 bits per heavy atom. The molecule has 1 aliphatic rings. The molecule has 1 aromatic heterocycles. The molecule has 0 aliphatic carbocycles. The first-order chi connectivity index (χ1) is 17.9. The molecule has 1 aliphatic heterocycles. The Morgan fingerprint density at radius 2 is 2.03 bits per heavy atom. The van der Waals surface area contributed by atoms with Crippen LogP contribution in [-0.2, 0) is 21.4 Å². The number of rotatable bonds is 7. The van der Waals surface area contributed by atoms with Crippen LogP contribution in [0.1, 0.15) is 38.8 Å². The molecule has 1 amide bonds. The van der Waals surface area contributed by atoms with E-state index in [-0.39, 0.29) is 38.8 Å². The highest BCUT2D eigenvalue weighted by atomic mass is 35.5. The minimum Gasteiger partial charge on any atom is -0.484 e. The summed E-state index contributed by atoms with van der Waals surface area (Å²) in [6.07, 6.45) is 2.41. The maximum absolute atomic E-state index is 14.5. The normalized spacial score (nSPS) is 16.6. The summed E-state index contributed by atoms with van der Waals surface area (Å²) in [5, 5.41) is 6.96. The molecular formula is C26H27Cl2FN4O4S. The molecule has 2 atom stereocenters. The SMILES string of the molecule is CCn1cc(S(=O)(=O)N2CC([C@@H](C)NC(C)=O)Oc3ccc(C=C(C)c4c(F)cccc4Cl)cc32)c(Cl)n1. The zero-order valence-electron chi connectivity index (χ0n) is 21.2. The van der Waals surface area contributed by atoms with Crippen LogP contribution in [0.25, 0.3) is 11.6 Å². The Balaban J connectivity index is 1.82. The first kappa shape index (κ1) is 27.9. The number of amides is 1. The number of sulfonamides is 1. The maximum atomic E-state index is 14.5. The number of aryl methyl sites for hydroxylation is 1. The average molecular weight is 581 g/mol. The molecule has 2 aromatic carbocycles. The molecule has 0 radical (unpaired) electrons. The number of fused-ring (bicyclic) bond motifs is 1. The smallest absolute Gasteiger partial charge is 0.269 e. The van der Waals surface area contributed by atoms with Gasteiger partial charge in [-0.2, -0.15) is 5.10 Å². The molecule has 12 heteroatoms. The lowest BCUT2D eigenvalue weighted by Gasteiger charge is -2.38. The molecule has 0 fully saturated rings. The van der Waals surface area contributed by atoms with Crippen molar-refractivity contribution in [3.8, 4) is 5.75 Å². The van der Waals surface area contributed by atoms with E-state index in [2.05, 4.69) is 10.4 Å². The molecule has 1 N–H and O–H groups in total. The van der Waals surface area contributed by atoms with E-state index in [4.69, 9.17) is 27.9 Å². The zero-order valence-corrected chi connectivity index (χ0v) is 23.5. The number of nitrogens with zero attached hydrogens (tertiary/aromatic N) is 3. The van der Waals surface area contributed by atoms with Gasteiger partial charge in [-0.15, -0.1) is 0 Å². The number of carbonyl (C=O) groups excluding carboxylic acids is 1. The van der Waals surface area contributed by atoms with Crippen molar-refractivity contribution in [2.75, 3.05) is 10.8 Å². The average Bonchev–Trinajstić information content (AvgIpc) is 3.24. The topological polar surface area (TPSA) is 93.5 Å². The molecule has 0 spiro atoms. The summed E-state index contributed by atoms with van der Waals surface area (Å²) in [7, 11) is -4.18. The third-order valence-electron chi connectivity index (χ3n) is 6.18. The Morgan fingerprint density at radius 3 is 2.66 bits per heavy atom. The van der Waals surface area contributed by atoms with Gasteiger partial charge in [0.2, 0.25) is 5.91 Å². The first-order valence-corrected chi connectivity index (χ1v) is 14.1. The second-order valence-electron chi connectivity index (χ2n) is 8.97. The number of carbonyl (C=O) groups is 1. The summed E-state index contributed by atoms with van der Waals surface area (Å²) in [6, 6.07) is 8.98. The molecule has 0 bridgehead atoms. The van der Waals surface area contributed by atoms with Crippen molar-refractivity contribution in [1.82, 2.24) is 15.1 Å². The van der Waals surface area contributed by atoms with Gasteiger partial charge in [0.25, 0.3) is 10.0 Å². The number of nitrogens with one attached hydrogen (secondary N) is 1. The van der Waals surface area contributed by atoms with Crippen molar-refractivity contribution < 1.29 is 22.3 Å². The van der Waals surface area contributed by atoms with Crippen LogP contribution in [0, 0.1) is 5.82 Å². The minimum atomic E-state index is -4.18. The maximum Gasteiger partial charge on any atom is 0.269 e. The van der Waals surface area contributed by atoms with Gasteiger partial charge in [0.15, 0.2) is 5.15 Å². The number of benzene rings is 2. The van der Waals surface area contributed by atoms with Crippen LogP contribution in [0.5, 0.6) is 5.75 Å². The number of allylic oxidation sites excluding steroid dienone is 1. The van der Waals surface area contributed by atoms with Crippen LogP contribution in [0.3, 0.4) is 0 Å². The lowest BCUT2D eigenvalue weighted by Crippen LogP contribution is -2.52. The van der Waals surface area contributed by atoms with Crippen molar-refractivity contribution in [3.63, 3.8) is 0 Å². The largest absolute Gasteiger partial charge is 0.484 e. The zero-order chi connectivity index (χ0) is 27.8. The van der Waals surface area contributed by atoms with Gasteiger partial charge in [0.1, 0.15) is 22.6 Å². The molecule has 202 valence electrons. The van der Waals surface area contributed by atoms with Crippen LogP contribution in [0.2, 0.25) is 10.2 Å². The lowest BCUT2D eigenvalue weighted by atomic mass is 10.0. The third kappa shape index (κ3) is 5.52. The highest BCUT2D eigenvalue weighted by Crippen LogP contribution is 2.40. The lowest BCUT2D eigenvalue weighted by molar-refractivity contribution is -0.120. The number of halogens is 3. The fraction of sp³-hybridized carbons (Fsp3) is 0.308. The minimum absolute atomic E-state index is 0.0876. The van der Waals surface area contributed by atoms with Crippen LogP contribution >= 0.6 is 23.2 Å². The number of hydrogen-bond acceptors (Lipinski definition) is 5. The summed E-state index contributed by atoms with van der Waals surface area (Å²) >= 11 is 12.5. The molecule has 0 saturated heterocycles. The quantitative estimate of drug-likeness (QED) is 0.378. The van der Waals surface area contributed by atoms with Gasteiger partial charge in [-0.1, -0.05) is 41.4 Å². The van der Waals surface area contributed by atoms with Crippen LogP contribution in [-0.4, -0.2) is 42.8 Å². The molecule has 0 saturated carbocycles. The Bertz CT molecular complexity index is 1500. The standard InChI is InChI=1S/C26H27Cl2FN4O4S/c1-5-32-14-24(26(28)31-32)38(35,36)33-13-23(16(3)30-17(4)34)37-22-10-9-18(12-21(22)33)11-15(2)25-19(27)7-6-8-20(25)29/h6-12,14,16,23H,5,13H2,1-4H3,(H,30,34)/t16-,23?/m1/s1. The van der Waals surface area contributed by atoms with Crippen molar-refractivity contribution in [2.24, 2.45) is 0 Å². The third-order valence-corrected chi connectivity index (χ3v) is 8.67. The van der Waals surface area contributed by atoms with Gasteiger partial charge in [-0.05, 0) is 56.2 Å². The summed E-state index contributed by atoms with van der Waals surface area (Å²) in [5.41, 5.74) is 1.70. The second-order valence-corrected chi connectivity index (χ2v) is 11.6. The molecule has 4 rings (SSSR count). The number of ether oxygens (including phenoxy) is 1. The van der Waals surface area contributed by atoms with Crippen molar-refractivity contribution in [2.45, 2.75) is 51.3 Å². The van der Waals surface area contributed by atoms with Crippen LogP contribution in [0.4, 0.5) is 10.1 Å². The highest BCUT2D eigenvalue weighted by molar-refractivity contribution is 7.93. The van der Waals surface area contributed by atoms with Crippen molar-refractivity contribution in [1.29, 1.82) is 0 Å². The van der Waals surface area contributed by atoms with Gasteiger partial charge < -0.3 is 10.1 Å². The summed E-state index contributed by atoms with van der Waals surface area (Å²) < 4.78 is 51.0. The Hall–Kier alpha value is -3.08. The Labute approximate surface area is 231 Å². The van der Waals surface area contributed by atoms with Gasteiger partial charge in [0, 0.05) is 25.2 Å². The van der Waals surface area contributed by atoms with E-state index >= 15 is 0 Å². The predicted molar refractivity (Wildman–Crippen MR) is 147 cm³/mol. The molecular weight excluding hydrogens is 554 g/mol. The monoisotopic (exact) mass is 580 g/mol. The fourth-order valence-electron chi connectivity index (χ4n) is 4.31. The van der Waals surface area contributed by atoms with E-state index < -0.39 is 28.0 Å². The van der Waals surface area contributed by atoms with E-state index in [0.29, 0.717) is 23.4 Å². The first-order valence-electron chi connectivity index (χ1n) is 11.9. The number of aromatic nitrogens is 2. The van der Waals surface area contributed by atoms with Gasteiger partial charge >= 0.3 is 0 Å². The highest BCUT2D eigenvalue weighted by Gasteiger charge is 2.39. The van der Waals surface area contributed by atoms with Gasteiger partial charge in [-0.25, -0.2) is 12.8 Å². The van der Waals surface area contributed by atoms with Gasteiger partial charge in [0.05, 0.1) is 23.3 Å². The number of anilines is 1. The van der Waals surface area contributed by atoms with Crippen molar-refractivity contribution >= 4 is 56.5 Å². The van der Waals surface area contributed by atoms with E-state index in [0.717, 1.165) is 0 Å². The van der Waals surface area contributed by atoms with Crippen LogP contribution in [0.15, 0.2) is 47.5 Å². The molecule has 38 heavy (non-hydrogen) atoms. The summed E-state index contributed by atoms with van der Waals surface area (Å²) in [6.45, 7) is 7.00. The van der Waals surface area contributed by atoms with E-state index in [9.17, 15) is 17.6 Å². The molecule has 1 unspecified atom stereocenters. The van der Waals surface area contributed by atoms with E-state index in [1.54, 1.807) is 44.2 Å². The summed E-state index contributed by atoms with van der Waals surface area (Å²) in [4.78, 5) is 11.5. The summed E-state index contributed by atoms with van der Waals surface area (Å²) in [5.74, 6) is -0.426. The second kappa shape index (κ2) is 11.0. The fourth-order valence-corrected chi connectivity index (χ4v) is 6.55. The van der Waals surface area contributed by atoms with E-state index in [1.165, 1.54) is 34.2 Å². The van der Waals surface area contributed by atoms with E-state index in [1.807, 2.05) is 6.92 Å². The Kier molecular flexibility index (Phi) is 8.06. The molecule has 2 heterocycles. The molecule has 3 aromatic rings.